The standard InChI is InChI=1S/C23H22ClN5O3/c1-15-8-13-21(28-27-15)32-17-11-9-16(10-12-17)25-23(31)26-19-6-4-14-29(22(19)30)20-7-3-2-5-18(20)24/h2-3,5,7-13,19H,4,6,14H2,1H3,(H2,25,26,31). The maximum Gasteiger partial charge on any atom is 0.319 e. The number of benzene rings is 2. The summed E-state index contributed by atoms with van der Waals surface area (Å²) in [6.45, 7) is 2.41. The number of amides is 3. The van der Waals surface area contributed by atoms with Crippen molar-refractivity contribution in [2.24, 2.45) is 0 Å². The highest BCUT2D eigenvalue weighted by Gasteiger charge is 2.31. The SMILES string of the molecule is Cc1ccc(Oc2ccc(NC(=O)NC3CCCN(c4ccccc4Cl)C3=O)cc2)nn1. The number of aryl methyl sites for hydroxylation is 1. The predicted molar refractivity (Wildman–Crippen MR) is 122 cm³/mol. The lowest BCUT2D eigenvalue weighted by molar-refractivity contribution is -0.121. The van der Waals surface area contributed by atoms with Gasteiger partial charge in [-0.05, 0) is 62.2 Å². The van der Waals surface area contributed by atoms with E-state index in [2.05, 4.69) is 20.8 Å². The Morgan fingerprint density at radius 3 is 2.59 bits per heavy atom. The van der Waals surface area contributed by atoms with Crippen LogP contribution in [0.25, 0.3) is 0 Å². The van der Waals surface area contributed by atoms with Gasteiger partial charge in [0.05, 0.1) is 16.4 Å². The van der Waals surface area contributed by atoms with E-state index in [1.807, 2.05) is 25.1 Å². The van der Waals surface area contributed by atoms with Crippen molar-refractivity contribution < 1.29 is 14.3 Å². The number of urea groups is 1. The highest BCUT2D eigenvalue weighted by atomic mass is 35.5. The predicted octanol–water partition coefficient (Wildman–Crippen LogP) is 4.55. The van der Waals surface area contributed by atoms with Crippen LogP contribution in [0.15, 0.2) is 60.7 Å². The molecule has 2 heterocycles. The Kier molecular flexibility index (Phi) is 6.51. The van der Waals surface area contributed by atoms with E-state index in [9.17, 15) is 9.59 Å². The number of nitrogens with zero attached hydrogens (tertiary/aromatic N) is 3. The average Bonchev–Trinajstić information content (AvgIpc) is 2.79. The molecule has 4 rings (SSSR count). The molecule has 2 aromatic carbocycles. The van der Waals surface area contributed by atoms with E-state index in [4.69, 9.17) is 16.3 Å². The molecule has 1 unspecified atom stereocenters. The number of aromatic nitrogens is 2. The minimum atomic E-state index is -0.622. The molecule has 32 heavy (non-hydrogen) atoms. The Morgan fingerprint density at radius 2 is 1.88 bits per heavy atom. The molecule has 0 radical (unpaired) electrons. The van der Waals surface area contributed by atoms with E-state index in [1.165, 1.54) is 0 Å². The third-order valence-corrected chi connectivity index (χ3v) is 5.31. The molecule has 1 atom stereocenters. The fraction of sp³-hybridized carbons (Fsp3) is 0.217. The summed E-state index contributed by atoms with van der Waals surface area (Å²) in [5, 5.41) is 13.9. The van der Waals surface area contributed by atoms with Crippen molar-refractivity contribution in [3.8, 4) is 11.6 Å². The number of ether oxygens (including phenoxy) is 1. The van der Waals surface area contributed by atoms with Crippen molar-refractivity contribution in [3.63, 3.8) is 0 Å². The van der Waals surface area contributed by atoms with Crippen LogP contribution in [0.4, 0.5) is 16.2 Å². The summed E-state index contributed by atoms with van der Waals surface area (Å²) in [5.74, 6) is 0.766. The molecule has 9 heteroatoms. The van der Waals surface area contributed by atoms with Crippen molar-refractivity contribution >= 4 is 34.9 Å². The van der Waals surface area contributed by atoms with E-state index in [-0.39, 0.29) is 5.91 Å². The van der Waals surface area contributed by atoms with Gasteiger partial charge in [0.1, 0.15) is 11.8 Å². The Bertz CT molecular complexity index is 1110. The van der Waals surface area contributed by atoms with Gasteiger partial charge in [0.15, 0.2) is 0 Å². The zero-order chi connectivity index (χ0) is 22.5. The Hall–Kier alpha value is -3.65. The monoisotopic (exact) mass is 451 g/mol. The van der Waals surface area contributed by atoms with Crippen LogP contribution < -0.4 is 20.3 Å². The molecule has 1 saturated heterocycles. The number of hydrogen-bond acceptors (Lipinski definition) is 5. The molecule has 0 spiro atoms. The molecule has 1 fully saturated rings. The average molecular weight is 452 g/mol. The zero-order valence-corrected chi connectivity index (χ0v) is 18.2. The number of hydrogen-bond donors (Lipinski definition) is 2. The first-order chi connectivity index (χ1) is 15.5. The molecule has 0 aliphatic carbocycles. The number of nitrogens with one attached hydrogen (secondary N) is 2. The summed E-state index contributed by atoms with van der Waals surface area (Å²) in [4.78, 5) is 27.0. The second-order valence-electron chi connectivity index (χ2n) is 7.37. The Balaban J connectivity index is 1.34. The first-order valence-electron chi connectivity index (χ1n) is 10.2. The second kappa shape index (κ2) is 9.65. The van der Waals surface area contributed by atoms with Crippen LogP contribution in [0.5, 0.6) is 11.6 Å². The number of anilines is 2. The highest BCUT2D eigenvalue weighted by Crippen LogP contribution is 2.28. The third-order valence-electron chi connectivity index (χ3n) is 5.00. The van der Waals surface area contributed by atoms with Gasteiger partial charge in [-0.25, -0.2) is 4.79 Å². The quantitative estimate of drug-likeness (QED) is 0.593. The van der Waals surface area contributed by atoms with Crippen molar-refractivity contribution in [1.82, 2.24) is 15.5 Å². The van der Waals surface area contributed by atoms with Crippen LogP contribution in [0, 0.1) is 6.92 Å². The lowest BCUT2D eigenvalue weighted by atomic mass is 10.0. The van der Waals surface area contributed by atoms with Gasteiger partial charge in [-0.15, -0.1) is 5.10 Å². The summed E-state index contributed by atoms with van der Waals surface area (Å²) in [6.07, 6.45) is 1.33. The molecule has 0 saturated carbocycles. The molecule has 1 aliphatic heterocycles. The van der Waals surface area contributed by atoms with Crippen LogP contribution in [-0.2, 0) is 4.79 Å². The first kappa shape index (κ1) is 21.6. The van der Waals surface area contributed by atoms with Crippen LogP contribution in [0.2, 0.25) is 5.02 Å². The molecule has 0 bridgehead atoms. The van der Waals surface area contributed by atoms with E-state index in [0.29, 0.717) is 41.0 Å². The first-order valence-corrected chi connectivity index (χ1v) is 10.6. The molecule has 3 amide bonds. The molecule has 1 aliphatic rings. The van der Waals surface area contributed by atoms with Crippen molar-refractivity contribution in [2.45, 2.75) is 25.8 Å². The van der Waals surface area contributed by atoms with Crippen LogP contribution >= 0.6 is 11.6 Å². The number of para-hydroxylation sites is 1. The summed E-state index contributed by atoms with van der Waals surface area (Å²) in [6, 6.07) is 16.5. The number of piperidine rings is 1. The fourth-order valence-electron chi connectivity index (χ4n) is 3.41. The van der Waals surface area contributed by atoms with Crippen LogP contribution in [0.1, 0.15) is 18.5 Å². The number of carbonyl (C=O) groups excluding carboxylic acids is 2. The van der Waals surface area contributed by atoms with Gasteiger partial charge in [0.25, 0.3) is 0 Å². The van der Waals surface area contributed by atoms with Gasteiger partial charge in [-0.1, -0.05) is 23.7 Å². The summed E-state index contributed by atoms with van der Waals surface area (Å²) in [5.41, 5.74) is 2.02. The maximum absolute atomic E-state index is 12.9. The third kappa shape index (κ3) is 5.15. The number of halogens is 1. The van der Waals surface area contributed by atoms with E-state index < -0.39 is 12.1 Å². The minimum Gasteiger partial charge on any atom is -0.438 e. The lowest BCUT2D eigenvalue weighted by Gasteiger charge is -2.33. The zero-order valence-electron chi connectivity index (χ0n) is 17.4. The van der Waals surface area contributed by atoms with Crippen LogP contribution in [-0.4, -0.2) is 34.7 Å². The molecule has 8 nitrogen and oxygen atoms in total. The molecular weight excluding hydrogens is 430 g/mol. The topological polar surface area (TPSA) is 96.5 Å². The number of carbonyl (C=O) groups is 2. The minimum absolute atomic E-state index is 0.178. The summed E-state index contributed by atoms with van der Waals surface area (Å²) in [7, 11) is 0. The van der Waals surface area contributed by atoms with E-state index in [1.54, 1.807) is 47.4 Å². The maximum atomic E-state index is 12.9. The Morgan fingerprint density at radius 1 is 1.09 bits per heavy atom. The van der Waals surface area contributed by atoms with Crippen LogP contribution in [0.3, 0.4) is 0 Å². The van der Waals surface area contributed by atoms with Gasteiger partial charge in [0.2, 0.25) is 11.8 Å². The molecule has 2 N–H and O–H groups in total. The van der Waals surface area contributed by atoms with Crippen molar-refractivity contribution in [1.29, 1.82) is 0 Å². The van der Waals surface area contributed by atoms with E-state index >= 15 is 0 Å². The van der Waals surface area contributed by atoms with Gasteiger partial charge < -0.3 is 20.3 Å². The largest absolute Gasteiger partial charge is 0.438 e. The molecule has 164 valence electrons. The summed E-state index contributed by atoms with van der Waals surface area (Å²) < 4.78 is 5.63. The lowest BCUT2D eigenvalue weighted by Crippen LogP contribution is -2.53. The van der Waals surface area contributed by atoms with Crippen molar-refractivity contribution in [3.05, 3.63) is 71.4 Å². The molecule has 3 aromatic rings. The van der Waals surface area contributed by atoms with Gasteiger partial charge in [-0.3, -0.25) is 4.79 Å². The van der Waals surface area contributed by atoms with Gasteiger partial charge in [-0.2, -0.15) is 5.10 Å². The second-order valence-corrected chi connectivity index (χ2v) is 7.78. The fourth-order valence-corrected chi connectivity index (χ4v) is 3.65. The van der Waals surface area contributed by atoms with Gasteiger partial charge in [0, 0.05) is 18.3 Å². The highest BCUT2D eigenvalue weighted by molar-refractivity contribution is 6.33. The number of rotatable bonds is 5. The summed E-state index contributed by atoms with van der Waals surface area (Å²) >= 11 is 6.24. The van der Waals surface area contributed by atoms with Crippen molar-refractivity contribution in [2.75, 3.05) is 16.8 Å². The molecular formula is C23H22ClN5O3. The smallest absolute Gasteiger partial charge is 0.319 e. The van der Waals surface area contributed by atoms with Gasteiger partial charge >= 0.3 is 6.03 Å². The normalized spacial score (nSPS) is 15.9. The Labute approximate surface area is 190 Å². The molecule has 1 aromatic heterocycles. The van der Waals surface area contributed by atoms with E-state index in [0.717, 1.165) is 12.1 Å².